The van der Waals surface area contributed by atoms with Crippen molar-refractivity contribution in [1.29, 1.82) is 0 Å². The van der Waals surface area contributed by atoms with Crippen LogP contribution >= 0.6 is 11.6 Å². The second kappa shape index (κ2) is 6.68. The maximum atomic E-state index is 6.04. The number of fused-ring (bicyclic) bond motifs is 1. The number of benzene rings is 1. The van der Waals surface area contributed by atoms with Gasteiger partial charge in [0, 0.05) is 17.3 Å². The van der Waals surface area contributed by atoms with Gasteiger partial charge >= 0.3 is 0 Å². The van der Waals surface area contributed by atoms with E-state index in [1.54, 1.807) is 0 Å². The molecule has 0 aliphatic heterocycles. The van der Waals surface area contributed by atoms with E-state index in [0.717, 1.165) is 36.1 Å². The monoisotopic (exact) mass is 278 g/mol. The number of rotatable bonds is 6. The predicted octanol–water partition coefficient (Wildman–Crippen LogP) is 3.04. The van der Waals surface area contributed by atoms with Gasteiger partial charge in [0.1, 0.15) is 0 Å². The van der Waals surface area contributed by atoms with E-state index in [1.807, 2.05) is 24.3 Å². The van der Waals surface area contributed by atoms with Crippen molar-refractivity contribution in [2.75, 3.05) is 32.5 Å². The fraction of sp³-hybridized carbons (Fsp3) is 0.429. The van der Waals surface area contributed by atoms with Crippen molar-refractivity contribution in [3.05, 3.63) is 29.4 Å². The van der Waals surface area contributed by atoms with E-state index in [0.29, 0.717) is 5.15 Å². The van der Waals surface area contributed by atoms with Gasteiger partial charge in [0.15, 0.2) is 11.0 Å². The Balaban J connectivity index is 1.99. The van der Waals surface area contributed by atoms with Crippen molar-refractivity contribution >= 4 is 28.2 Å². The number of aromatic nitrogens is 2. The maximum Gasteiger partial charge on any atom is 0.159 e. The zero-order valence-electron chi connectivity index (χ0n) is 11.4. The summed E-state index contributed by atoms with van der Waals surface area (Å²) in [5.41, 5.74) is 0. The van der Waals surface area contributed by atoms with Gasteiger partial charge in [0.05, 0.1) is 0 Å². The summed E-state index contributed by atoms with van der Waals surface area (Å²) in [5, 5.41) is 13.9. The van der Waals surface area contributed by atoms with Crippen LogP contribution in [0.3, 0.4) is 0 Å². The van der Waals surface area contributed by atoms with Crippen LogP contribution in [-0.4, -0.2) is 42.3 Å². The number of anilines is 1. The molecule has 0 unspecified atom stereocenters. The van der Waals surface area contributed by atoms with Gasteiger partial charge in [-0.3, -0.25) is 0 Å². The Morgan fingerprint density at radius 1 is 1.11 bits per heavy atom. The molecule has 1 aromatic heterocycles. The Morgan fingerprint density at radius 2 is 1.84 bits per heavy atom. The number of unbranched alkanes of at least 4 members (excludes halogenated alkanes) is 1. The van der Waals surface area contributed by atoms with Crippen molar-refractivity contribution < 1.29 is 0 Å². The van der Waals surface area contributed by atoms with Gasteiger partial charge < -0.3 is 10.2 Å². The minimum Gasteiger partial charge on any atom is -0.368 e. The second-order valence-corrected chi connectivity index (χ2v) is 5.18. The van der Waals surface area contributed by atoms with E-state index >= 15 is 0 Å². The molecule has 0 atom stereocenters. The topological polar surface area (TPSA) is 41.0 Å². The molecule has 4 nitrogen and oxygen atoms in total. The van der Waals surface area contributed by atoms with Crippen LogP contribution in [-0.2, 0) is 0 Å². The first-order valence-electron chi connectivity index (χ1n) is 6.48. The highest BCUT2D eigenvalue weighted by Crippen LogP contribution is 2.25. The van der Waals surface area contributed by atoms with Gasteiger partial charge in [0.2, 0.25) is 0 Å². The fourth-order valence-electron chi connectivity index (χ4n) is 1.96. The molecular formula is C14H19ClN4. The average molecular weight is 279 g/mol. The molecule has 0 fully saturated rings. The lowest BCUT2D eigenvalue weighted by molar-refractivity contribution is 0.396. The van der Waals surface area contributed by atoms with Crippen molar-refractivity contribution in [3.63, 3.8) is 0 Å². The van der Waals surface area contributed by atoms with E-state index in [9.17, 15) is 0 Å². The predicted molar refractivity (Wildman–Crippen MR) is 80.8 cm³/mol. The van der Waals surface area contributed by atoms with Crippen LogP contribution in [0.2, 0.25) is 5.15 Å². The Hall–Kier alpha value is -1.39. The number of hydrogen-bond donors (Lipinski definition) is 1. The summed E-state index contributed by atoms with van der Waals surface area (Å²) in [7, 11) is 4.18. The molecule has 19 heavy (non-hydrogen) atoms. The SMILES string of the molecule is CN(C)CCCCNc1nnc(Cl)c2ccccc12. The van der Waals surface area contributed by atoms with Crippen molar-refractivity contribution in [2.24, 2.45) is 0 Å². The Labute approximate surface area is 118 Å². The first-order chi connectivity index (χ1) is 9.18. The first kappa shape index (κ1) is 14.0. The third-order valence-electron chi connectivity index (χ3n) is 2.97. The lowest BCUT2D eigenvalue weighted by Crippen LogP contribution is -2.14. The molecule has 0 saturated carbocycles. The van der Waals surface area contributed by atoms with Gasteiger partial charge in [-0.05, 0) is 33.5 Å². The van der Waals surface area contributed by atoms with E-state index in [4.69, 9.17) is 11.6 Å². The quantitative estimate of drug-likeness (QED) is 0.825. The van der Waals surface area contributed by atoms with Crippen LogP contribution in [0.1, 0.15) is 12.8 Å². The molecule has 0 radical (unpaired) electrons. The van der Waals surface area contributed by atoms with Gasteiger partial charge in [0.25, 0.3) is 0 Å². The largest absolute Gasteiger partial charge is 0.368 e. The molecule has 2 aromatic rings. The zero-order chi connectivity index (χ0) is 13.7. The number of nitrogens with one attached hydrogen (secondary N) is 1. The molecule has 0 aliphatic rings. The smallest absolute Gasteiger partial charge is 0.159 e. The zero-order valence-corrected chi connectivity index (χ0v) is 12.1. The molecular weight excluding hydrogens is 260 g/mol. The molecule has 0 bridgehead atoms. The van der Waals surface area contributed by atoms with Gasteiger partial charge in [-0.15, -0.1) is 10.2 Å². The van der Waals surface area contributed by atoms with Gasteiger partial charge in [-0.2, -0.15) is 0 Å². The molecule has 0 spiro atoms. The fourth-order valence-corrected chi connectivity index (χ4v) is 2.16. The lowest BCUT2D eigenvalue weighted by atomic mass is 10.2. The number of nitrogens with zero attached hydrogens (tertiary/aromatic N) is 3. The Morgan fingerprint density at radius 3 is 2.58 bits per heavy atom. The molecule has 1 N–H and O–H groups in total. The molecule has 0 amide bonds. The van der Waals surface area contributed by atoms with E-state index in [2.05, 4.69) is 34.5 Å². The minimum atomic E-state index is 0.453. The lowest BCUT2D eigenvalue weighted by Gasteiger charge is -2.10. The van der Waals surface area contributed by atoms with E-state index in [1.165, 1.54) is 6.42 Å². The number of halogens is 1. The van der Waals surface area contributed by atoms with Gasteiger partial charge in [-0.25, -0.2) is 0 Å². The second-order valence-electron chi connectivity index (χ2n) is 4.82. The molecule has 102 valence electrons. The molecule has 0 aliphatic carbocycles. The molecule has 0 saturated heterocycles. The summed E-state index contributed by atoms with van der Waals surface area (Å²) in [6.07, 6.45) is 2.27. The first-order valence-corrected chi connectivity index (χ1v) is 6.86. The van der Waals surface area contributed by atoms with Crippen molar-refractivity contribution in [1.82, 2.24) is 15.1 Å². The number of hydrogen-bond acceptors (Lipinski definition) is 4. The average Bonchev–Trinajstić information content (AvgIpc) is 2.41. The van der Waals surface area contributed by atoms with Crippen molar-refractivity contribution in [3.8, 4) is 0 Å². The summed E-state index contributed by atoms with van der Waals surface area (Å²) in [6, 6.07) is 7.91. The summed E-state index contributed by atoms with van der Waals surface area (Å²) >= 11 is 6.04. The highest BCUT2D eigenvalue weighted by Gasteiger charge is 2.06. The summed E-state index contributed by atoms with van der Waals surface area (Å²) < 4.78 is 0. The molecule has 1 aromatic carbocycles. The highest BCUT2D eigenvalue weighted by atomic mass is 35.5. The third kappa shape index (κ3) is 3.78. The van der Waals surface area contributed by atoms with E-state index < -0.39 is 0 Å². The molecule has 2 rings (SSSR count). The maximum absolute atomic E-state index is 6.04. The van der Waals surface area contributed by atoms with Crippen molar-refractivity contribution in [2.45, 2.75) is 12.8 Å². The summed E-state index contributed by atoms with van der Waals surface area (Å²) in [6.45, 7) is 2.00. The Kier molecular flexibility index (Phi) is 4.93. The third-order valence-corrected chi connectivity index (χ3v) is 3.25. The molecule has 1 heterocycles. The Bertz CT molecular complexity index is 542. The van der Waals surface area contributed by atoms with Crippen LogP contribution in [0.5, 0.6) is 0 Å². The van der Waals surface area contributed by atoms with Crippen LogP contribution in [0.15, 0.2) is 24.3 Å². The highest BCUT2D eigenvalue weighted by molar-refractivity contribution is 6.34. The normalized spacial score (nSPS) is 11.2. The summed E-state index contributed by atoms with van der Waals surface area (Å²) in [4.78, 5) is 2.19. The van der Waals surface area contributed by atoms with Gasteiger partial charge in [-0.1, -0.05) is 35.9 Å². The van der Waals surface area contributed by atoms with Crippen LogP contribution in [0, 0.1) is 0 Å². The molecule has 5 heteroatoms. The van der Waals surface area contributed by atoms with E-state index in [-0.39, 0.29) is 0 Å². The standard InChI is InChI=1S/C14H19ClN4/c1-19(2)10-6-5-9-16-14-12-8-4-3-7-11(12)13(15)17-18-14/h3-4,7-8H,5-6,9-10H2,1-2H3,(H,16,18). The van der Waals surface area contributed by atoms with Crippen LogP contribution in [0.25, 0.3) is 10.8 Å². The summed E-state index contributed by atoms with van der Waals surface area (Å²) in [5.74, 6) is 0.810. The van der Waals surface area contributed by atoms with Crippen LogP contribution < -0.4 is 5.32 Å². The minimum absolute atomic E-state index is 0.453. The van der Waals surface area contributed by atoms with Crippen LogP contribution in [0.4, 0.5) is 5.82 Å².